The Morgan fingerprint density at radius 1 is 1.00 bits per heavy atom. The summed E-state index contributed by atoms with van der Waals surface area (Å²) in [5.41, 5.74) is 2.68. The molecule has 0 N–H and O–H groups in total. The second-order valence-electron chi connectivity index (χ2n) is 9.59. The maximum absolute atomic E-state index is 12.8. The van der Waals surface area contributed by atoms with Gasteiger partial charge in [-0.15, -0.1) is 0 Å². The zero-order valence-electron chi connectivity index (χ0n) is 19.9. The zero-order chi connectivity index (χ0) is 22.2. The molecule has 176 valence electrons. The van der Waals surface area contributed by atoms with Crippen LogP contribution in [0.25, 0.3) is 5.57 Å². The first-order chi connectivity index (χ1) is 15.8. The van der Waals surface area contributed by atoms with Gasteiger partial charge in [0.1, 0.15) is 5.75 Å². The summed E-state index contributed by atoms with van der Waals surface area (Å²) in [6.07, 6.45) is 13.1. The van der Waals surface area contributed by atoms with Crippen molar-refractivity contribution in [3.8, 4) is 5.75 Å². The van der Waals surface area contributed by atoms with Crippen LogP contribution in [-0.4, -0.2) is 72.6 Å². The van der Waals surface area contributed by atoms with Gasteiger partial charge in [0, 0.05) is 44.3 Å². The van der Waals surface area contributed by atoms with Gasteiger partial charge in [-0.2, -0.15) is 0 Å². The van der Waals surface area contributed by atoms with E-state index in [-0.39, 0.29) is 0 Å². The van der Waals surface area contributed by atoms with Crippen LogP contribution < -0.4 is 4.74 Å². The number of amides is 2. The monoisotopic (exact) mass is 439 g/mol. The molecular weight excluding hydrogens is 398 g/mol. The van der Waals surface area contributed by atoms with E-state index in [1.807, 2.05) is 0 Å². The van der Waals surface area contributed by atoms with Crippen molar-refractivity contribution >= 4 is 11.6 Å². The Balaban J connectivity index is 1.18. The highest BCUT2D eigenvalue weighted by atomic mass is 16.5. The molecule has 5 heteroatoms. The fraction of sp³-hybridized carbons (Fsp3) is 0.667. The number of unbranched alkanes of at least 4 members (excludes halogenated alkanes) is 1. The summed E-state index contributed by atoms with van der Waals surface area (Å²) in [6.45, 7) is 8.92. The van der Waals surface area contributed by atoms with Crippen molar-refractivity contribution in [3.63, 3.8) is 0 Å². The van der Waals surface area contributed by atoms with Crippen molar-refractivity contribution in [1.29, 1.82) is 0 Å². The van der Waals surface area contributed by atoms with Crippen LogP contribution in [-0.2, 0) is 0 Å². The lowest BCUT2D eigenvalue weighted by molar-refractivity contribution is 0.162. The quantitative estimate of drug-likeness (QED) is 0.457. The fourth-order valence-corrected chi connectivity index (χ4v) is 5.41. The SMILES string of the molecule is CCCOc1ccccc1C1=CCN(CCCCN2CCN(C3CCCCC3)C2=O)CC1. The first-order valence-corrected chi connectivity index (χ1v) is 13.0. The smallest absolute Gasteiger partial charge is 0.320 e. The van der Waals surface area contributed by atoms with E-state index in [4.69, 9.17) is 4.74 Å². The molecule has 0 atom stereocenters. The second-order valence-corrected chi connectivity index (χ2v) is 9.59. The predicted octanol–water partition coefficient (Wildman–Crippen LogP) is 5.42. The summed E-state index contributed by atoms with van der Waals surface area (Å²) < 4.78 is 5.96. The van der Waals surface area contributed by atoms with Gasteiger partial charge in [0.05, 0.1) is 6.61 Å². The van der Waals surface area contributed by atoms with E-state index in [2.05, 4.69) is 52.0 Å². The van der Waals surface area contributed by atoms with Crippen LogP contribution in [0.2, 0.25) is 0 Å². The van der Waals surface area contributed by atoms with Gasteiger partial charge >= 0.3 is 6.03 Å². The van der Waals surface area contributed by atoms with Crippen molar-refractivity contribution in [2.45, 2.75) is 70.8 Å². The Morgan fingerprint density at radius 3 is 2.59 bits per heavy atom. The molecule has 1 aliphatic carbocycles. The molecule has 2 aliphatic heterocycles. The predicted molar refractivity (Wildman–Crippen MR) is 131 cm³/mol. The summed E-state index contributed by atoms with van der Waals surface area (Å²) in [6, 6.07) is 9.25. The third kappa shape index (κ3) is 5.86. The number of carbonyl (C=O) groups excluding carboxylic acids is 1. The maximum Gasteiger partial charge on any atom is 0.320 e. The Morgan fingerprint density at radius 2 is 1.81 bits per heavy atom. The van der Waals surface area contributed by atoms with E-state index in [9.17, 15) is 4.79 Å². The number of carbonyl (C=O) groups is 1. The van der Waals surface area contributed by atoms with Crippen molar-refractivity contribution in [3.05, 3.63) is 35.9 Å². The summed E-state index contributed by atoms with van der Waals surface area (Å²) in [5.74, 6) is 1.02. The summed E-state index contributed by atoms with van der Waals surface area (Å²) in [7, 11) is 0. The van der Waals surface area contributed by atoms with Crippen LogP contribution in [0, 0.1) is 0 Å². The lowest BCUT2D eigenvalue weighted by atomic mass is 9.94. The minimum absolute atomic E-state index is 0.298. The average Bonchev–Trinajstić information content (AvgIpc) is 3.22. The topological polar surface area (TPSA) is 36.0 Å². The van der Waals surface area contributed by atoms with E-state index in [1.54, 1.807) is 0 Å². The van der Waals surface area contributed by atoms with Gasteiger partial charge in [0.2, 0.25) is 0 Å². The Kier molecular flexibility index (Phi) is 8.49. The van der Waals surface area contributed by atoms with Gasteiger partial charge < -0.3 is 14.5 Å². The molecule has 0 aromatic heterocycles. The molecule has 3 aliphatic rings. The molecule has 0 radical (unpaired) electrons. The Labute approximate surface area is 194 Å². The van der Waals surface area contributed by atoms with Crippen LogP contribution in [0.15, 0.2) is 30.3 Å². The number of urea groups is 1. The Bertz CT molecular complexity index is 772. The lowest BCUT2D eigenvalue weighted by Crippen LogP contribution is -2.40. The molecule has 1 aromatic carbocycles. The average molecular weight is 440 g/mol. The number of para-hydroxylation sites is 1. The van der Waals surface area contributed by atoms with Gasteiger partial charge in [0.25, 0.3) is 0 Å². The number of rotatable bonds is 10. The number of nitrogens with zero attached hydrogens (tertiary/aromatic N) is 3. The van der Waals surface area contributed by atoms with Crippen LogP contribution in [0.1, 0.15) is 70.3 Å². The minimum atomic E-state index is 0.298. The van der Waals surface area contributed by atoms with E-state index < -0.39 is 0 Å². The van der Waals surface area contributed by atoms with Crippen LogP contribution in [0.5, 0.6) is 5.75 Å². The van der Waals surface area contributed by atoms with Crippen molar-refractivity contribution in [2.24, 2.45) is 0 Å². The first-order valence-electron chi connectivity index (χ1n) is 13.0. The molecule has 5 nitrogen and oxygen atoms in total. The molecule has 0 spiro atoms. The molecule has 2 heterocycles. The largest absolute Gasteiger partial charge is 0.493 e. The van der Waals surface area contributed by atoms with Crippen molar-refractivity contribution in [2.75, 3.05) is 45.9 Å². The molecule has 0 unspecified atom stereocenters. The molecule has 1 saturated heterocycles. The number of hydrogen-bond donors (Lipinski definition) is 0. The van der Waals surface area contributed by atoms with Gasteiger partial charge in [-0.3, -0.25) is 4.90 Å². The fourth-order valence-electron chi connectivity index (χ4n) is 5.41. The van der Waals surface area contributed by atoms with E-state index in [0.29, 0.717) is 12.1 Å². The van der Waals surface area contributed by atoms with Crippen molar-refractivity contribution < 1.29 is 9.53 Å². The van der Waals surface area contributed by atoms with Gasteiger partial charge in [0.15, 0.2) is 0 Å². The molecule has 4 rings (SSSR count). The summed E-state index contributed by atoms with van der Waals surface area (Å²) in [4.78, 5) is 19.6. The number of ether oxygens (including phenoxy) is 1. The highest BCUT2D eigenvalue weighted by Gasteiger charge is 2.33. The van der Waals surface area contributed by atoms with Crippen molar-refractivity contribution in [1.82, 2.24) is 14.7 Å². The standard InChI is InChI=1S/C27H41N3O2/c1-2-22-32-26-13-7-6-12-25(26)23-14-18-28(19-15-23)16-8-9-17-29-20-21-30(27(29)31)24-10-4-3-5-11-24/h6-7,12-14,24H,2-5,8-11,15-22H2,1H3. The molecule has 2 fully saturated rings. The van der Waals surface area contributed by atoms with E-state index >= 15 is 0 Å². The summed E-state index contributed by atoms with van der Waals surface area (Å²) in [5, 5.41) is 0. The molecule has 2 amide bonds. The molecule has 1 aromatic rings. The summed E-state index contributed by atoms with van der Waals surface area (Å²) >= 11 is 0. The minimum Gasteiger partial charge on any atom is -0.493 e. The van der Waals surface area contributed by atoms with Gasteiger partial charge in [-0.1, -0.05) is 50.5 Å². The molecule has 0 bridgehead atoms. The molecule has 1 saturated carbocycles. The molecule has 32 heavy (non-hydrogen) atoms. The van der Waals surface area contributed by atoms with Crippen LogP contribution in [0.4, 0.5) is 4.79 Å². The van der Waals surface area contributed by atoms with Crippen LogP contribution >= 0.6 is 0 Å². The maximum atomic E-state index is 12.8. The highest BCUT2D eigenvalue weighted by Crippen LogP contribution is 2.30. The lowest BCUT2D eigenvalue weighted by Gasteiger charge is -2.31. The second kappa shape index (κ2) is 11.7. The number of benzene rings is 1. The highest BCUT2D eigenvalue weighted by molar-refractivity contribution is 5.77. The van der Waals surface area contributed by atoms with E-state index in [1.165, 1.54) is 43.2 Å². The molecular formula is C27H41N3O2. The van der Waals surface area contributed by atoms with Gasteiger partial charge in [-0.25, -0.2) is 4.79 Å². The zero-order valence-corrected chi connectivity index (χ0v) is 19.9. The first kappa shape index (κ1) is 23.2. The third-order valence-corrected chi connectivity index (χ3v) is 7.28. The third-order valence-electron chi connectivity index (χ3n) is 7.28. The van der Waals surface area contributed by atoms with Gasteiger partial charge in [-0.05, 0) is 56.7 Å². The van der Waals surface area contributed by atoms with Crippen LogP contribution in [0.3, 0.4) is 0 Å². The van der Waals surface area contributed by atoms with E-state index in [0.717, 1.165) is 77.3 Å². The number of hydrogen-bond acceptors (Lipinski definition) is 3. The normalized spacial score (nSPS) is 20.7. The Hall–Kier alpha value is -2.01.